The van der Waals surface area contributed by atoms with Crippen LogP contribution in [0.3, 0.4) is 0 Å². The van der Waals surface area contributed by atoms with Crippen LogP contribution in [0, 0.1) is 5.82 Å². The summed E-state index contributed by atoms with van der Waals surface area (Å²) in [6, 6.07) is 6.09. The Morgan fingerprint density at radius 2 is 1.89 bits per heavy atom. The van der Waals surface area contributed by atoms with Crippen molar-refractivity contribution >= 4 is 0 Å². The number of aromatic nitrogens is 1. The van der Waals surface area contributed by atoms with Gasteiger partial charge in [-0.15, -0.1) is 0 Å². The van der Waals surface area contributed by atoms with Gasteiger partial charge in [-0.3, -0.25) is 4.98 Å². The van der Waals surface area contributed by atoms with Crippen molar-refractivity contribution < 1.29 is 17.6 Å². The van der Waals surface area contributed by atoms with E-state index < -0.39 is 17.6 Å². The van der Waals surface area contributed by atoms with Crippen LogP contribution >= 0.6 is 0 Å². The predicted octanol–water partition coefficient (Wildman–Crippen LogP) is 3.37. The minimum atomic E-state index is -4.74. The van der Waals surface area contributed by atoms with E-state index in [1.165, 1.54) is 12.3 Å². The third kappa shape index (κ3) is 2.73. The molecule has 0 saturated carbocycles. The van der Waals surface area contributed by atoms with E-state index in [-0.39, 0.29) is 12.1 Å². The molecule has 0 aliphatic heterocycles. The van der Waals surface area contributed by atoms with E-state index in [1.807, 2.05) is 0 Å². The summed E-state index contributed by atoms with van der Waals surface area (Å²) in [4.78, 5) is 4.00. The molecule has 2 aromatic rings. The molecule has 0 aliphatic rings. The fourth-order valence-electron chi connectivity index (χ4n) is 1.75. The van der Waals surface area contributed by atoms with E-state index in [9.17, 15) is 17.6 Å². The minimum Gasteiger partial charge on any atom is -0.326 e. The van der Waals surface area contributed by atoms with Crippen molar-refractivity contribution in [1.82, 2.24) is 4.98 Å². The monoisotopic (exact) mass is 270 g/mol. The zero-order valence-corrected chi connectivity index (χ0v) is 9.71. The first-order valence-electron chi connectivity index (χ1n) is 5.44. The second-order valence-corrected chi connectivity index (χ2v) is 3.91. The topological polar surface area (TPSA) is 38.9 Å². The summed E-state index contributed by atoms with van der Waals surface area (Å²) < 4.78 is 51.1. The fourth-order valence-corrected chi connectivity index (χ4v) is 1.75. The number of benzene rings is 1. The largest absolute Gasteiger partial charge is 0.419 e. The van der Waals surface area contributed by atoms with Crippen molar-refractivity contribution in [3.8, 4) is 11.3 Å². The summed E-state index contributed by atoms with van der Waals surface area (Å²) in [5.41, 5.74) is 5.32. The molecule has 0 fully saturated rings. The van der Waals surface area contributed by atoms with E-state index in [0.717, 1.165) is 12.1 Å². The van der Waals surface area contributed by atoms with Crippen LogP contribution in [-0.4, -0.2) is 4.98 Å². The Kier molecular flexibility index (Phi) is 3.53. The average molecular weight is 270 g/mol. The van der Waals surface area contributed by atoms with E-state index in [2.05, 4.69) is 4.98 Å². The molecule has 1 heterocycles. The summed E-state index contributed by atoms with van der Waals surface area (Å²) in [5.74, 6) is -1.30. The lowest BCUT2D eigenvalue weighted by Gasteiger charge is -2.11. The van der Waals surface area contributed by atoms with Gasteiger partial charge in [0.05, 0.1) is 11.3 Å². The van der Waals surface area contributed by atoms with E-state index >= 15 is 0 Å². The molecule has 0 spiro atoms. The van der Waals surface area contributed by atoms with Crippen LogP contribution in [0.1, 0.15) is 11.1 Å². The number of pyridine rings is 1. The molecule has 2 rings (SSSR count). The predicted molar refractivity (Wildman–Crippen MR) is 62.5 cm³/mol. The number of nitrogens with zero attached hydrogens (tertiary/aromatic N) is 1. The van der Waals surface area contributed by atoms with Gasteiger partial charge in [0.2, 0.25) is 0 Å². The maximum Gasteiger partial charge on any atom is 0.419 e. The standard InChI is InChI=1S/C13H10F4N2/c14-11-4-3-8(6-10(11)13(15,16)17)12-9(7-18)2-1-5-19-12/h1-6H,7,18H2. The van der Waals surface area contributed by atoms with Crippen molar-refractivity contribution in [1.29, 1.82) is 0 Å². The second kappa shape index (κ2) is 4.97. The molecule has 2 nitrogen and oxygen atoms in total. The molecular weight excluding hydrogens is 260 g/mol. The van der Waals surface area contributed by atoms with E-state index in [4.69, 9.17) is 5.73 Å². The van der Waals surface area contributed by atoms with Gasteiger partial charge in [0.1, 0.15) is 5.82 Å². The second-order valence-electron chi connectivity index (χ2n) is 3.91. The maximum atomic E-state index is 13.2. The zero-order chi connectivity index (χ0) is 14.0. The SMILES string of the molecule is NCc1cccnc1-c1ccc(F)c(C(F)(F)F)c1. The Morgan fingerprint density at radius 1 is 1.16 bits per heavy atom. The first-order valence-corrected chi connectivity index (χ1v) is 5.44. The van der Waals surface area contributed by atoms with Crippen LogP contribution in [0.2, 0.25) is 0 Å². The van der Waals surface area contributed by atoms with Crippen LogP contribution in [0.5, 0.6) is 0 Å². The maximum absolute atomic E-state index is 13.2. The lowest BCUT2D eigenvalue weighted by molar-refractivity contribution is -0.139. The number of rotatable bonds is 2. The van der Waals surface area contributed by atoms with Crippen LogP contribution in [0.25, 0.3) is 11.3 Å². The Labute approximate surface area is 106 Å². The molecule has 0 aliphatic carbocycles. The van der Waals surface area contributed by atoms with Crippen molar-refractivity contribution in [2.24, 2.45) is 5.73 Å². The van der Waals surface area contributed by atoms with Crippen molar-refractivity contribution in [3.63, 3.8) is 0 Å². The number of alkyl halides is 3. The number of hydrogen-bond donors (Lipinski definition) is 1. The van der Waals surface area contributed by atoms with Gasteiger partial charge in [-0.1, -0.05) is 6.07 Å². The Bertz CT molecular complexity index is 593. The first-order chi connectivity index (χ1) is 8.93. The summed E-state index contributed by atoms with van der Waals surface area (Å²) in [7, 11) is 0. The molecule has 0 radical (unpaired) electrons. The minimum absolute atomic E-state index is 0.141. The normalized spacial score (nSPS) is 11.6. The molecule has 0 unspecified atom stereocenters. The summed E-state index contributed by atoms with van der Waals surface area (Å²) in [5, 5.41) is 0. The number of nitrogens with two attached hydrogens (primary N) is 1. The molecule has 6 heteroatoms. The molecule has 0 atom stereocenters. The van der Waals surface area contributed by atoms with Crippen LogP contribution < -0.4 is 5.73 Å². The van der Waals surface area contributed by atoms with Gasteiger partial charge in [0, 0.05) is 18.3 Å². The van der Waals surface area contributed by atoms with Gasteiger partial charge in [0.15, 0.2) is 0 Å². The van der Waals surface area contributed by atoms with Crippen LogP contribution in [-0.2, 0) is 12.7 Å². The summed E-state index contributed by atoms with van der Waals surface area (Å²) in [6.45, 7) is 0.141. The van der Waals surface area contributed by atoms with Gasteiger partial charge in [-0.05, 0) is 29.8 Å². The first kappa shape index (κ1) is 13.5. The third-order valence-corrected chi connectivity index (χ3v) is 2.66. The fraction of sp³-hybridized carbons (Fsp3) is 0.154. The molecule has 0 amide bonds. The smallest absolute Gasteiger partial charge is 0.326 e. The van der Waals surface area contributed by atoms with Gasteiger partial charge in [0.25, 0.3) is 0 Å². The molecule has 1 aromatic carbocycles. The van der Waals surface area contributed by atoms with Gasteiger partial charge >= 0.3 is 6.18 Å². The highest BCUT2D eigenvalue weighted by molar-refractivity contribution is 5.64. The van der Waals surface area contributed by atoms with Crippen LogP contribution in [0.4, 0.5) is 17.6 Å². The average Bonchev–Trinajstić information content (AvgIpc) is 2.38. The van der Waals surface area contributed by atoms with Gasteiger partial charge in [-0.2, -0.15) is 13.2 Å². The molecule has 0 saturated heterocycles. The third-order valence-electron chi connectivity index (χ3n) is 2.66. The van der Waals surface area contributed by atoms with Gasteiger partial charge in [-0.25, -0.2) is 4.39 Å². The summed E-state index contributed by atoms with van der Waals surface area (Å²) >= 11 is 0. The lowest BCUT2D eigenvalue weighted by Crippen LogP contribution is -2.08. The van der Waals surface area contributed by atoms with E-state index in [0.29, 0.717) is 11.3 Å². The number of hydrogen-bond acceptors (Lipinski definition) is 2. The van der Waals surface area contributed by atoms with Crippen LogP contribution in [0.15, 0.2) is 36.5 Å². The highest BCUT2D eigenvalue weighted by atomic mass is 19.4. The zero-order valence-electron chi connectivity index (χ0n) is 9.71. The lowest BCUT2D eigenvalue weighted by atomic mass is 10.0. The molecule has 0 bridgehead atoms. The summed E-state index contributed by atoms with van der Waals surface area (Å²) in [6.07, 6.45) is -3.29. The molecule has 19 heavy (non-hydrogen) atoms. The Morgan fingerprint density at radius 3 is 2.53 bits per heavy atom. The van der Waals surface area contributed by atoms with Crippen molar-refractivity contribution in [2.75, 3.05) is 0 Å². The quantitative estimate of drug-likeness (QED) is 0.850. The van der Waals surface area contributed by atoms with E-state index in [1.54, 1.807) is 12.1 Å². The Hall–Kier alpha value is -1.95. The Balaban J connectivity index is 2.58. The van der Waals surface area contributed by atoms with Crippen molar-refractivity contribution in [3.05, 3.63) is 53.5 Å². The molecule has 2 N–H and O–H groups in total. The molecular formula is C13H10F4N2. The number of halogens is 4. The molecule has 100 valence electrons. The highest BCUT2D eigenvalue weighted by Gasteiger charge is 2.34. The highest BCUT2D eigenvalue weighted by Crippen LogP contribution is 2.34. The molecule has 1 aromatic heterocycles. The van der Waals surface area contributed by atoms with Crippen molar-refractivity contribution in [2.45, 2.75) is 12.7 Å². The van der Waals surface area contributed by atoms with Gasteiger partial charge < -0.3 is 5.73 Å².